The topological polar surface area (TPSA) is 60.2 Å². The summed E-state index contributed by atoms with van der Waals surface area (Å²) in [5, 5.41) is 10.4. The Morgan fingerprint density at radius 2 is 1.74 bits per heavy atom. The lowest BCUT2D eigenvalue weighted by Gasteiger charge is -2.04. The molecule has 0 spiro atoms. The number of hydrogen-bond donors (Lipinski definition) is 0. The summed E-state index contributed by atoms with van der Waals surface area (Å²) in [6, 6.07) is 13.2. The highest BCUT2D eigenvalue weighted by atomic mass is 32.2. The number of carbonyl (C=O) groups excluding carboxylic acids is 1. The predicted octanol–water partition coefficient (Wildman–Crippen LogP) is 3.84. The van der Waals surface area contributed by atoms with Crippen molar-refractivity contribution in [2.75, 3.05) is 0 Å². The molecule has 0 saturated heterocycles. The van der Waals surface area contributed by atoms with Gasteiger partial charge in [-0.2, -0.15) is 0 Å². The molecule has 0 amide bonds. The molecule has 0 saturated carbocycles. The summed E-state index contributed by atoms with van der Waals surface area (Å²) in [5.41, 5.74) is 1.47. The van der Waals surface area contributed by atoms with Gasteiger partial charge in [0, 0.05) is 22.6 Å². The van der Waals surface area contributed by atoms with E-state index in [-0.39, 0.29) is 10.8 Å². The molecule has 0 atom stereocenters. The van der Waals surface area contributed by atoms with Crippen LogP contribution in [0.25, 0.3) is 0 Å². The SMILES string of the molecule is Cc1ccccc1SC(=O)c1ccc([N+](=O)[O-])cc1. The normalized spacial score (nSPS) is 10.2. The summed E-state index contributed by atoms with van der Waals surface area (Å²) < 4.78 is 0. The molecule has 0 heterocycles. The van der Waals surface area contributed by atoms with Crippen molar-refractivity contribution in [1.82, 2.24) is 0 Å². The standard InChI is InChI=1S/C14H11NO3S/c1-10-4-2-3-5-13(10)19-14(16)11-6-8-12(9-7-11)15(17)18/h2-9H,1H3. The number of rotatable bonds is 3. The molecule has 0 aliphatic carbocycles. The number of aryl methyl sites for hydroxylation is 1. The fourth-order valence-electron chi connectivity index (χ4n) is 1.55. The van der Waals surface area contributed by atoms with Crippen LogP contribution in [0.2, 0.25) is 0 Å². The predicted molar refractivity (Wildman–Crippen MR) is 74.5 cm³/mol. The Balaban J connectivity index is 2.16. The van der Waals surface area contributed by atoms with Gasteiger partial charge in [0.2, 0.25) is 5.12 Å². The largest absolute Gasteiger partial charge is 0.281 e. The Hall–Kier alpha value is -2.14. The number of hydrogen-bond acceptors (Lipinski definition) is 4. The number of benzene rings is 2. The van der Waals surface area contributed by atoms with Crippen molar-refractivity contribution in [3.63, 3.8) is 0 Å². The Kier molecular flexibility index (Phi) is 3.97. The lowest BCUT2D eigenvalue weighted by atomic mass is 10.2. The number of nitrogens with zero attached hydrogens (tertiary/aromatic N) is 1. The molecule has 19 heavy (non-hydrogen) atoms. The summed E-state index contributed by atoms with van der Waals surface area (Å²) in [6.45, 7) is 1.94. The van der Waals surface area contributed by atoms with E-state index in [9.17, 15) is 14.9 Å². The number of carbonyl (C=O) groups is 1. The second kappa shape index (κ2) is 5.67. The molecule has 0 aromatic heterocycles. The first-order valence-corrected chi connectivity index (χ1v) is 6.42. The van der Waals surface area contributed by atoms with Crippen molar-refractivity contribution in [1.29, 1.82) is 0 Å². The van der Waals surface area contributed by atoms with E-state index in [4.69, 9.17) is 0 Å². The summed E-state index contributed by atoms with van der Waals surface area (Å²) >= 11 is 1.13. The van der Waals surface area contributed by atoms with E-state index in [1.165, 1.54) is 24.3 Å². The summed E-state index contributed by atoms with van der Waals surface area (Å²) in [5.74, 6) is 0. The van der Waals surface area contributed by atoms with Crippen molar-refractivity contribution in [2.24, 2.45) is 0 Å². The molecule has 0 radical (unpaired) electrons. The van der Waals surface area contributed by atoms with Crippen LogP contribution < -0.4 is 0 Å². The van der Waals surface area contributed by atoms with Crippen molar-refractivity contribution < 1.29 is 9.72 Å². The third-order valence-corrected chi connectivity index (χ3v) is 3.71. The lowest BCUT2D eigenvalue weighted by Crippen LogP contribution is -1.95. The molecule has 0 bridgehead atoms. The van der Waals surface area contributed by atoms with Gasteiger partial charge in [0.1, 0.15) is 0 Å². The van der Waals surface area contributed by atoms with Crippen LogP contribution in [0.4, 0.5) is 5.69 Å². The molecular weight excluding hydrogens is 262 g/mol. The maximum atomic E-state index is 12.0. The fourth-order valence-corrected chi connectivity index (χ4v) is 2.38. The summed E-state index contributed by atoms with van der Waals surface area (Å²) in [7, 11) is 0. The van der Waals surface area contributed by atoms with Crippen LogP contribution in [0.5, 0.6) is 0 Å². The van der Waals surface area contributed by atoms with Crippen molar-refractivity contribution in [2.45, 2.75) is 11.8 Å². The quantitative estimate of drug-likeness (QED) is 0.484. The molecule has 2 aromatic rings. The van der Waals surface area contributed by atoms with Crippen LogP contribution in [0, 0.1) is 17.0 Å². The Morgan fingerprint density at radius 1 is 1.11 bits per heavy atom. The van der Waals surface area contributed by atoms with Crippen LogP contribution in [-0.4, -0.2) is 10.0 Å². The van der Waals surface area contributed by atoms with Crippen LogP contribution in [-0.2, 0) is 0 Å². The number of thioether (sulfide) groups is 1. The van der Waals surface area contributed by atoms with Crippen LogP contribution >= 0.6 is 11.8 Å². The zero-order valence-electron chi connectivity index (χ0n) is 10.2. The monoisotopic (exact) mass is 273 g/mol. The lowest BCUT2D eigenvalue weighted by molar-refractivity contribution is -0.384. The average Bonchev–Trinajstić information content (AvgIpc) is 2.41. The van der Waals surface area contributed by atoms with Gasteiger partial charge in [-0.25, -0.2) is 0 Å². The van der Waals surface area contributed by atoms with Gasteiger partial charge < -0.3 is 0 Å². The van der Waals surface area contributed by atoms with Gasteiger partial charge in [0.15, 0.2) is 0 Å². The first-order chi connectivity index (χ1) is 9.08. The van der Waals surface area contributed by atoms with Gasteiger partial charge in [-0.1, -0.05) is 18.2 Å². The molecule has 4 nitrogen and oxygen atoms in total. The van der Waals surface area contributed by atoms with E-state index in [0.29, 0.717) is 5.56 Å². The molecule has 0 fully saturated rings. The molecular formula is C14H11NO3S. The minimum absolute atomic E-state index is 0.0163. The molecule has 5 heteroatoms. The zero-order chi connectivity index (χ0) is 13.8. The first-order valence-electron chi connectivity index (χ1n) is 5.60. The molecule has 96 valence electrons. The van der Waals surface area contributed by atoms with E-state index in [1.807, 2.05) is 31.2 Å². The Morgan fingerprint density at radius 3 is 2.32 bits per heavy atom. The van der Waals surface area contributed by atoms with Gasteiger partial charge in [-0.05, 0) is 42.4 Å². The van der Waals surface area contributed by atoms with E-state index >= 15 is 0 Å². The van der Waals surface area contributed by atoms with Gasteiger partial charge in [-0.3, -0.25) is 14.9 Å². The Labute approximate surface area is 114 Å². The molecule has 2 aromatic carbocycles. The average molecular weight is 273 g/mol. The highest BCUT2D eigenvalue weighted by molar-refractivity contribution is 8.14. The van der Waals surface area contributed by atoms with E-state index in [0.717, 1.165) is 22.2 Å². The smallest absolute Gasteiger partial charge is 0.269 e. The van der Waals surface area contributed by atoms with Gasteiger partial charge in [0.25, 0.3) is 5.69 Å². The number of nitro benzene ring substituents is 1. The van der Waals surface area contributed by atoms with E-state index in [1.54, 1.807) is 0 Å². The third kappa shape index (κ3) is 3.20. The maximum Gasteiger partial charge on any atom is 0.269 e. The molecule has 0 unspecified atom stereocenters. The highest BCUT2D eigenvalue weighted by Gasteiger charge is 2.11. The highest BCUT2D eigenvalue weighted by Crippen LogP contribution is 2.26. The van der Waals surface area contributed by atoms with Crippen LogP contribution in [0.1, 0.15) is 15.9 Å². The van der Waals surface area contributed by atoms with Gasteiger partial charge in [0.05, 0.1) is 4.92 Å². The second-order valence-electron chi connectivity index (χ2n) is 3.96. The maximum absolute atomic E-state index is 12.0. The van der Waals surface area contributed by atoms with E-state index in [2.05, 4.69) is 0 Å². The van der Waals surface area contributed by atoms with Crippen molar-refractivity contribution in [3.05, 3.63) is 69.8 Å². The molecule has 0 aliphatic heterocycles. The number of non-ortho nitro benzene ring substituents is 1. The number of nitro groups is 1. The zero-order valence-corrected chi connectivity index (χ0v) is 11.0. The van der Waals surface area contributed by atoms with Gasteiger partial charge in [-0.15, -0.1) is 0 Å². The molecule has 2 rings (SSSR count). The minimum Gasteiger partial charge on any atom is -0.281 e. The minimum atomic E-state index is -0.483. The van der Waals surface area contributed by atoms with Crippen LogP contribution in [0.15, 0.2) is 53.4 Å². The molecule has 0 aliphatic rings. The summed E-state index contributed by atoms with van der Waals surface area (Å²) in [6.07, 6.45) is 0. The Bertz CT molecular complexity index is 623. The summed E-state index contributed by atoms with van der Waals surface area (Å²) in [4.78, 5) is 23.0. The second-order valence-corrected chi connectivity index (χ2v) is 4.97. The van der Waals surface area contributed by atoms with E-state index < -0.39 is 4.92 Å². The third-order valence-electron chi connectivity index (χ3n) is 2.61. The van der Waals surface area contributed by atoms with Crippen molar-refractivity contribution >= 4 is 22.6 Å². The molecule has 0 N–H and O–H groups in total. The van der Waals surface area contributed by atoms with Crippen molar-refractivity contribution in [3.8, 4) is 0 Å². The fraction of sp³-hybridized carbons (Fsp3) is 0.0714. The van der Waals surface area contributed by atoms with Crippen LogP contribution in [0.3, 0.4) is 0 Å². The van der Waals surface area contributed by atoms with Gasteiger partial charge >= 0.3 is 0 Å². The first kappa shape index (κ1) is 13.3.